The molecule has 1 unspecified atom stereocenters. The van der Waals surface area contributed by atoms with Crippen molar-refractivity contribution in [1.82, 2.24) is 4.90 Å². The SMILES string of the molecule is CC.CC.COCCCN1CCOC(C)C1. The van der Waals surface area contributed by atoms with Gasteiger partial charge in [0, 0.05) is 33.4 Å². The molecule has 0 spiro atoms. The van der Waals surface area contributed by atoms with Crippen molar-refractivity contribution in [3.8, 4) is 0 Å². The second-order valence-electron chi connectivity index (χ2n) is 3.33. The van der Waals surface area contributed by atoms with Gasteiger partial charge in [-0.05, 0) is 13.3 Å². The summed E-state index contributed by atoms with van der Waals surface area (Å²) in [6.07, 6.45) is 1.53. The van der Waals surface area contributed by atoms with E-state index >= 15 is 0 Å². The molecule has 1 rings (SSSR count). The number of hydrogen-bond acceptors (Lipinski definition) is 3. The van der Waals surface area contributed by atoms with Crippen LogP contribution in [-0.4, -0.2) is 51.0 Å². The summed E-state index contributed by atoms with van der Waals surface area (Å²) in [7, 11) is 1.75. The summed E-state index contributed by atoms with van der Waals surface area (Å²) in [4.78, 5) is 2.44. The second kappa shape index (κ2) is 14.9. The Balaban J connectivity index is 0. The van der Waals surface area contributed by atoms with Crippen LogP contribution in [0.5, 0.6) is 0 Å². The number of methoxy groups -OCH3 is 1. The van der Waals surface area contributed by atoms with Crippen molar-refractivity contribution in [1.29, 1.82) is 0 Å². The van der Waals surface area contributed by atoms with Gasteiger partial charge in [-0.3, -0.25) is 4.90 Å². The van der Waals surface area contributed by atoms with E-state index < -0.39 is 0 Å². The van der Waals surface area contributed by atoms with Crippen molar-refractivity contribution in [2.45, 2.75) is 47.1 Å². The third-order valence-electron chi connectivity index (χ3n) is 2.15. The molecule has 1 heterocycles. The average molecular weight is 233 g/mol. The fraction of sp³-hybridized carbons (Fsp3) is 1.00. The molecule has 0 bridgehead atoms. The van der Waals surface area contributed by atoms with Crippen LogP contribution in [0.25, 0.3) is 0 Å². The molecule has 1 atom stereocenters. The summed E-state index contributed by atoms with van der Waals surface area (Å²) in [5.74, 6) is 0. The number of morpholine rings is 1. The van der Waals surface area contributed by atoms with Crippen molar-refractivity contribution in [2.75, 3.05) is 40.0 Å². The predicted molar refractivity (Wildman–Crippen MR) is 71.0 cm³/mol. The Morgan fingerprint density at radius 3 is 2.38 bits per heavy atom. The van der Waals surface area contributed by atoms with Gasteiger partial charge in [-0.25, -0.2) is 0 Å². The highest BCUT2D eigenvalue weighted by Gasteiger charge is 2.15. The molecule has 100 valence electrons. The van der Waals surface area contributed by atoms with Crippen molar-refractivity contribution in [3.05, 3.63) is 0 Å². The minimum atomic E-state index is 0.404. The van der Waals surface area contributed by atoms with E-state index in [0.29, 0.717) is 6.10 Å². The minimum absolute atomic E-state index is 0.404. The summed E-state index contributed by atoms with van der Waals surface area (Å²) in [6, 6.07) is 0. The highest BCUT2D eigenvalue weighted by Crippen LogP contribution is 2.04. The quantitative estimate of drug-likeness (QED) is 0.697. The lowest BCUT2D eigenvalue weighted by Gasteiger charge is -2.30. The van der Waals surface area contributed by atoms with E-state index in [1.165, 1.54) is 0 Å². The third kappa shape index (κ3) is 10.4. The number of hydrogen-bond donors (Lipinski definition) is 0. The molecule has 0 N–H and O–H groups in total. The van der Waals surface area contributed by atoms with Crippen LogP contribution in [0.3, 0.4) is 0 Å². The van der Waals surface area contributed by atoms with E-state index in [9.17, 15) is 0 Å². The summed E-state index contributed by atoms with van der Waals surface area (Å²) < 4.78 is 10.4. The molecule has 3 heteroatoms. The summed E-state index contributed by atoms with van der Waals surface area (Å²) in [6.45, 7) is 15.2. The van der Waals surface area contributed by atoms with Crippen LogP contribution in [0.2, 0.25) is 0 Å². The van der Waals surface area contributed by atoms with Gasteiger partial charge in [-0.2, -0.15) is 0 Å². The molecule has 1 saturated heterocycles. The van der Waals surface area contributed by atoms with Crippen molar-refractivity contribution in [2.24, 2.45) is 0 Å². The predicted octanol–water partition coefficient (Wildman–Crippen LogP) is 2.80. The first-order valence-electron chi connectivity index (χ1n) is 6.66. The zero-order valence-corrected chi connectivity index (χ0v) is 12.1. The van der Waals surface area contributed by atoms with Crippen molar-refractivity contribution < 1.29 is 9.47 Å². The van der Waals surface area contributed by atoms with Crippen molar-refractivity contribution >= 4 is 0 Å². The zero-order valence-electron chi connectivity index (χ0n) is 12.1. The smallest absolute Gasteiger partial charge is 0.0674 e. The second-order valence-corrected chi connectivity index (χ2v) is 3.33. The van der Waals surface area contributed by atoms with E-state index in [0.717, 1.165) is 39.3 Å². The van der Waals surface area contributed by atoms with E-state index in [-0.39, 0.29) is 0 Å². The Hall–Kier alpha value is -0.120. The highest BCUT2D eigenvalue weighted by atomic mass is 16.5. The van der Waals surface area contributed by atoms with Crippen LogP contribution >= 0.6 is 0 Å². The first-order valence-corrected chi connectivity index (χ1v) is 6.66. The van der Waals surface area contributed by atoms with E-state index in [2.05, 4.69) is 11.8 Å². The molecule has 1 fully saturated rings. The maximum absolute atomic E-state index is 5.44. The van der Waals surface area contributed by atoms with Gasteiger partial charge in [0.1, 0.15) is 0 Å². The Kier molecular flexibility index (Phi) is 17.0. The molecule has 0 saturated carbocycles. The number of rotatable bonds is 4. The van der Waals surface area contributed by atoms with E-state index in [1.54, 1.807) is 7.11 Å². The molecular formula is C13H31NO2. The van der Waals surface area contributed by atoms with Crippen LogP contribution in [0, 0.1) is 0 Å². The molecule has 0 radical (unpaired) electrons. The molecule has 0 amide bonds. The van der Waals surface area contributed by atoms with Crippen LogP contribution < -0.4 is 0 Å². The van der Waals surface area contributed by atoms with Crippen LogP contribution in [0.1, 0.15) is 41.0 Å². The molecule has 0 aromatic rings. The van der Waals surface area contributed by atoms with Gasteiger partial charge in [0.05, 0.1) is 12.7 Å². The Morgan fingerprint density at radius 1 is 1.25 bits per heavy atom. The Bertz CT molecular complexity index is 121. The molecule has 16 heavy (non-hydrogen) atoms. The molecule has 1 aliphatic rings. The van der Waals surface area contributed by atoms with Gasteiger partial charge in [0.15, 0.2) is 0 Å². The molecule has 0 aromatic heterocycles. The van der Waals surface area contributed by atoms with Crippen LogP contribution in [-0.2, 0) is 9.47 Å². The fourth-order valence-corrected chi connectivity index (χ4v) is 1.53. The Morgan fingerprint density at radius 2 is 1.88 bits per heavy atom. The molecule has 0 aliphatic carbocycles. The Labute approximate surface area is 102 Å². The average Bonchev–Trinajstić information content (AvgIpc) is 2.35. The lowest BCUT2D eigenvalue weighted by atomic mass is 10.3. The van der Waals surface area contributed by atoms with Crippen LogP contribution in [0.15, 0.2) is 0 Å². The molecule has 1 aliphatic heterocycles. The minimum Gasteiger partial charge on any atom is -0.385 e. The standard InChI is InChI=1S/C9H19NO2.2C2H6/c1-9-8-10(5-7-12-9)4-3-6-11-2;2*1-2/h9H,3-8H2,1-2H3;2*1-2H3. The fourth-order valence-electron chi connectivity index (χ4n) is 1.53. The van der Waals surface area contributed by atoms with Gasteiger partial charge < -0.3 is 9.47 Å². The normalized spacial score (nSPS) is 20.2. The summed E-state index contributed by atoms with van der Waals surface area (Å²) >= 11 is 0. The topological polar surface area (TPSA) is 21.7 Å². The lowest BCUT2D eigenvalue weighted by molar-refractivity contribution is -0.0201. The van der Waals surface area contributed by atoms with Gasteiger partial charge in [-0.1, -0.05) is 27.7 Å². The lowest BCUT2D eigenvalue weighted by Crippen LogP contribution is -2.41. The van der Waals surface area contributed by atoms with E-state index in [4.69, 9.17) is 9.47 Å². The van der Waals surface area contributed by atoms with Gasteiger partial charge in [0.25, 0.3) is 0 Å². The molecule has 3 nitrogen and oxygen atoms in total. The maximum Gasteiger partial charge on any atom is 0.0674 e. The zero-order chi connectivity index (χ0) is 12.8. The van der Waals surface area contributed by atoms with E-state index in [1.807, 2.05) is 27.7 Å². The highest BCUT2D eigenvalue weighted by molar-refractivity contribution is 4.67. The summed E-state index contributed by atoms with van der Waals surface area (Å²) in [5, 5.41) is 0. The molecular weight excluding hydrogens is 202 g/mol. The summed E-state index contributed by atoms with van der Waals surface area (Å²) in [5.41, 5.74) is 0. The monoisotopic (exact) mass is 233 g/mol. The third-order valence-corrected chi connectivity index (χ3v) is 2.15. The van der Waals surface area contributed by atoms with Gasteiger partial charge >= 0.3 is 0 Å². The largest absolute Gasteiger partial charge is 0.385 e. The first kappa shape index (κ1) is 18.3. The first-order chi connectivity index (χ1) is 7.83. The number of nitrogens with zero attached hydrogens (tertiary/aromatic N) is 1. The van der Waals surface area contributed by atoms with Gasteiger partial charge in [0.2, 0.25) is 0 Å². The number of ether oxygens (including phenoxy) is 2. The van der Waals surface area contributed by atoms with Gasteiger partial charge in [-0.15, -0.1) is 0 Å². The van der Waals surface area contributed by atoms with Crippen molar-refractivity contribution in [3.63, 3.8) is 0 Å². The maximum atomic E-state index is 5.44. The molecule has 0 aromatic carbocycles. The van der Waals surface area contributed by atoms with Crippen LogP contribution in [0.4, 0.5) is 0 Å².